The van der Waals surface area contributed by atoms with E-state index >= 15 is 0 Å². The standard InChI is InChI=1S/C25H50O2P.HI/c1-5-9-10-11-12-13-14-15-16-17-18-19-20-21-23-28(7-3,8-4)24-22-27-25(26)6-2;/h6H,2,5,7-24H2,1,3-4H3;1H/q+1;/p-1. The molecule has 0 aromatic carbocycles. The summed E-state index contributed by atoms with van der Waals surface area (Å²) in [5.74, 6) is -0.276. The number of unbranched alkanes of at least 4 members (excludes halogenated alkanes) is 13. The average Bonchev–Trinajstić information content (AvgIpc) is 2.72. The SMILES string of the molecule is C=CC(=O)OCC[P+](CC)(CC)CCCCCCCCCCCCCCCC.[I-]. The van der Waals surface area contributed by atoms with Crippen LogP contribution >= 0.6 is 7.26 Å². The van der Waals surface area contributed by atoms with Gasteiger partial charge in [0.2, 0.25) is 0 Å². The van der Waals surface area contributed by atoms with Crippen molar-refractivity contribution >= 4 is 13.2 Å². The summed E-state index contributed by atoms with van der Waals surface area (Å²) in [6, 6.07) is 0. The Morgan fingerprint density at radius 3 is 1.52 bits per heavy atom. The number of esters is 1. The molecular weight excluding hydrogens is 490 g/mol. The Kier molecular flexibility index (Phi) is 25.1. The van der Waals surface area contributed by atoms with Gasteiger partial charge in [0.1, 0.15) is 6.61 Å². The van der Waals surface area contributed by atoms with Crippen molar-refractivity contribution in [3.05, 3.63) is 12.7 Å². The van der Waals surface area contributed by atoms with Gasteiger partial charge in [-0.15, -0.1) is 0 Å². The number of ether oxygens (including phenoxy) is 1. The van der Waals surface area contributed by atoms with E-state index in [1.165, 1.54) is 114 Å². The molecule has 0 aromatic rings. The molecule has 2 nitrogen and oxygen atoms in total. The topological polar surface area (TPSA) is 26.3 Å². The Morgan fingerprint density at radius 1 is 0.724 bits per heavy atom. The third-order valence-corrected chi connectivity index (χ3v) is 11.4. The lowest BCUT2D eigenvalue weighted by Gasteiger charge is -2.25. The predicted octanol–water partition coefficient (Wildman–Crippen LogP) is 5.26. The Bertz CT molecular complexity index is 370. The van der Waals surface area contributed by atoms with Gasteiger partial charge in [-0.1, -0.05) is 90.6 Å². The number of hydrogen-bond acceptors (Lipinski definition) is 2. The summed E-state index contributed by atoms with van der Waals surface area (Å²) < 4.78 is 5.25. The number of halogens is 1. The highest BCUT2D eigenvalue weighted by Gasteiger charge is 2.32. The van der Waals surface area contributed by atoms with E-state index in [1.54, 1.807) is 0 Å². The first-order valence-electron chi connectivity index (χ1n) is 12.3. The normalized spacial score (nSPS) is 11.1. The molecule has 29 heavy (non-hydrogen) atoms. The highest BCUT2D eigenvalue weighted by molar-refractivity contribution is 7.75. The first kappa shape index (κ1) is 31.6. The van der Waals surface area contributed by atoms with E-state index in [2.05, 4.69) is 27.4 Å². The molecule has 0 fully saturated rings. The van der Waals surface area contributed by atoms with E-state index in [-0.39, 0.29) is 29.9 Å². The van der Waals surface area contributed by atoms with Crippen LogP contribution in [0.4, 0.5) is 0 Å². The van der Waals surface area contributed by atoms with Crippen LogP contribution in [0.5, 0.6) is 0 Å². The van der Waals surface area contributed by atoms with Crippen molar-refractivity contribution in [3.63, 3.8) is 0 Å². The van der Waals surface area contributed by atoms with Gasteiger partial charge in [0.15, 0.2) is 0 Å². The van der Waals surface area contributed by atoms with Gasteiger partial charge in [0.25, 0.3) is 0 Å². The third-order valence-electron chi connectivity index (χ3n) is 6.30. The third kappa shape index (κ3) is 18.8. The van der Waals surface area contributed by atoms with Crippen LogP contribution in [-0.4, -0.2) is 37.2 Å². The smallest absolute Gasteiger partial charge is 0.330 e. The van der Waals surface area contributed by atoms with E-state index < -0.39 is 7.26 Å². The second-order valence-electron chi connectivity index (χ2n) is 8.39. The van der Waals surface area contributed by atoms with Gasteiger partial charge < -0.3 is 28.7 Å². The molecule has 174 valence electrons. The monoisotopic (exact) mass is 540 g/mol. The van der Waals surface area contributed by atoms with Crippen molar-refractivity contribution in [1.29, 1.82) is 0 Å². The maximum Gasteiger partial charge on any atom is 0.330 e. The quantitative estimate of drug-likeness (QED) is 0.0653. The molecule has 0 saturated heterocycles. The first-order valence-corrected chi connectivity index (χ1v) is 14.8. The summed E-state index contributed by atoms with van der Waals surface area (Å²) in [6.45, 7) is 11.0. The zero-order chi connectivity index (χ0) is 20.9. The Labute approximate surface area is 200 Å². The fraction of sp³-hybridized carbons (Fsp3) is 0.880. The van der Waals surface area contributed by atoms with Crippen molar-refractivity contribution in [2.45, 2.75) is 111 Å². The van der Waals surface area contributed by atoms with Gasteiger partial charge in [-0.3, -0.25) is 0 Å². The van der Waals surface area contributed by atoms with E-state index in [4.69, 9.17) is 4.74 Å². The maximum atomic E-state index is 11.2. The van der Waals surface area contributed by atoms with Crippen LogP contribution in [-0.2, 0) is 9.53 Å². The van der Waals surface area contributed by atoms with E-state index in [0.29, 0.717) is 6.61 Å². The molecule has 0 aromatic heterocycles. The molecule has 0 amide bonds. The fourth-order valence-electron chi connectivity index (χ4n) is 4.01. The van der Waals surface area contributed by atoms with Crippen LogP contribution in [0.25, 0.3) is 0 Å². The predicted molar refractivity (Wildman–Crippen MR) is 129 cm³/mol. The summed E-state index contributed by atoms with van der Waals surface area (Å²) in [7, 11) is -0.921. The van der Waals surface area contributed by atoms with Crippen LogP contribution in [0.15, 0.2) is 12.7 Å². The van der Waals surface area contributed by atoms with Crippen molar-refractivity contribution < 1.29 is 33.5 Å². The second kappa shape index (κ2) is 23.0. The first-order chi connectivity index (χ1) is 13.6. The van der Waals surface area contributed by atoms with Crippen LogP contribution in [0.3, 0.4) is 0 Å². The van der Waals surface area contributed by atoms with Gasteiger partial charge in [0, 0.05) is 13.3 Å². The molecule has 0 atom stereocenters. The van der Waals surface area contributed by atoms with E-state index in [9.17, 15) is 4.79 Å². The second-order valence-corrected chi connectivity index (χ2v) is 13.2. The van der Waals surface area contributed by atoms with Crippen molar-refractivity contribution in [3.8, 4) is 0 Å². The number of hydrogen-bond donors (Lipinski definition) is 0. The fourth-order valence-corrected chi connectivity index (χ4v) is 7.32. The summed E-state index contributed by atoms with van der Waals surface area (Å²) in [5, 5.41) is 0. The lowest BCUT2D eigenvalue weighted by Crippen LogP contribution is -3.00. The van der Waals surface area contributed by atoms with E-state index in [0.717, 1.165) is 6.16 Å². The van der Waals surface area contributed by atoms with Crippen LogP contribution in [0.2, 0.25) is 0 Å². The molecule has 0 heterocycles. The number of carbonyl (C=O) groups excluding carboxylic acids is 1. The molecule has 0 bridgehead atoms. The van der Waals surface area contributed by atoms with Crippen molar-refractivity contribution in [2.24, 2.45) is 0 Å². The molecule has 0 rings (SSSR count). The van der Waals surface area contributed by atoms with Crippen molar-refractivity contribution in [1.82, 2.24) is 0 Å². The van der Waals surface area contributed by atoms with Gasteiger partial charge in [-0.2, -0.15) is 0 Å². The Hall–Kier alpha value is 0.370. The zero-order valence-corrected chi connectivity index (χ0v) is 22.9. The molecule has 0 saturated carbocycles. The molecule has 0 unspecified atom stereocenters. The minimum absolute atomic E-state index is 0. The van der Waals surface area contributed by atoms with Gasteiger partial charge in [-0.05, 0) is 26.7 Å². The molecule has 0 radical (unpaired) electrons. The van der Waals surface area contributed by atoms with E-state index in [1.807, 2.05) is 0 Å². The summed E-state index contributed by atoms with van der Waals surface area (Å²) in [5.41, 5.74) is 0. The van der Waals surface area contributed by atoms with Gasteiger partial charge in [0.05, 0.1) is 24.6 Å². The lowest BCUT2D eigenvalue weighted by molar-refractivity contribution is -0.137. The van der Waals surface area contributed by atoms with Crippen molar-refractivity contribution in [2.75, 3.05) is 31.3 Å². The zero-order valence-electron chi connectivity index (χ0n) is 19.9. The number of rotatable bonds is 21. The minimum Gasteiger partial charge on any atom is -1.00 e. The summed E-state index contributed by atoms with van der Waals surface area (Å²) in [4.78, 5) is 11.2. The molecule has 0 aliphatic rings. The molecule has 4 heteroatoms. The lowest BCUT2D eigenvalue weighted by atomic mass is 10.0. The molecular formula is C25H50IO2P. The van der Waals surface area contributed by atoms with Crippen LogP contribution < -0.4 is 24.0 Å². The Morgan fingerprint density at radius 2 is 1.14 bits per heavy atom. The maximum absolute atomic E-state index is 11.2. The highest BCUT2D eigenvalue weighted by atomic mass is 127. The Balaban J connectivity index is 0. The molecule has 0 N–H and O–H groups in total. The molecule has 0 aliphatic heterocycles. The highest BCUT2D eigenvalue weighted by Crippen LogP contribution is 2.58. The minimum atomic E-state index is -0.921. The van der Waals surface area contributed by atoms with Crippen LogP contribution in [0.1, 0.15) is 111 Å². The summed E-state index contributed by atoms with van der Waals surface area (Å²) in [6.07, 6.45) is 26.2. The van der Waals surface area contributed by atoms with Crippen LogP contribution in [0, 0.1) is 0 Å². The molecule has 0 spiro atoms. The largest absolute Gasteiger partial charge is 1.00 e. The number of carbonyl (C=O) groups is 1. The molecule has 0 aliphatic carbocycles. The average molecular weight is 541 g/mol. The van der Waals surface area contributed by atoms with Gasteiger partial charge >= 0.3 is 5.97 Å². The van der Waals surface area contributed by atoms with Gasteiger partial charge in [-0.25, -0.2) is 4.79 Å². The summed E-state index contributed by atoms with van der Waals surface area (Å²) >= 11 is 0.